The Morgan fingerprint density at radius 1 is 1.57 bits per heavy atom. The van der Waals surface area contributed by atoms with Crippen molar-refractivity contribution < 1.29 is 0 Å². The lowest BCUT2D eigenvalue weighted by Crippen LogP contribution is -1.97. The monoisotopic (exact) mass is 187 g/mol. The first-order chi connectivity index (χ1) is 6.70. The number of imidazole rings is 1. The van der Waals surface area contributed by atoms with Crippen LogP contribution < -0.4 is 5.73 Å². The van der Waals surface area contributed by atoms with Crippen molar-refractivity contribution in [2.45, 2.75) is 13.5 Å². The first-order valence-electron chi connectivity index (χ1n) is 4.55. The molecule has 0 amide bonds. The van der Waals surface area contributed by atoms with Crippen molar-refractivity contribution >= 4 is 16.6 Å². The minimum Gasteiger partial charge on any atom is -0.341 e. The normalized spacial score (nSPS) is 10.7. The van der Waals surface area contributed by atoms with Gasteiger partial charge in [-0.05, 0) is 24.6 Å². The molecular weight excluding hydrogens is 174 g/mol. The second kappa shape index (κ2) is 3.27. The number of allylic oxidation sites excluding steroid dienone is 1. The quantitative estimate of drug-likeness (QED) is 0.756. The Hall–Kier alpha value is -1.61. The SMILES string of the molecule is C=C(C)c1ccc2nc(CN)[nH]c2c1. The van der Waals surface area contributed by atoms with Gasteiger partial charge in [-0.15, -0.1) is 0 Å². The summed E-state index contributed by atoms with van der Waals surface area (Å²) in [4.78, 5) is 7.48. The molecule has 3 nitrogen and oxygen atoms in total. The maximum absolute atomic E-state index is 5.50. The highest BCUT2D eigenvalue weighted by Crippen LogP contribution is 2.18. The van der Waals surface area contributed by atoms with Crippen molar-refractivity contribution in [1.29, 1.82) is 0 Å². The summed E-state index contributed by atoms with van der Waals surface area (Å²) in [6.07, 6.45) is 0. The highest BCUT2D eigenvalue weighted by atomic mass is 14.9. The summed E-state index contributed by atoms with van der Waals surface area (Å²) in [6, 6.07) is 6.05. The second-order valence-electron chi connectivity index (χ2n) is 3.40. The summed E-state index contributed by atoms with van der Waals surface area (Å²) < 4.78 is 0. The molecule has 2 rings (SSSR count). The number of aromatic nitrogens is 2. The zero-order valence-corrected chi connectivity index (χ0v) is 8.17. The van der Waals surface area contributed by atoms with E-state index in [-0.39, 0.29) is 0 Å². The van der Waals surface area contributed by atoms with Crippen molar-refractivity contribution in [2.75, 3.05) is 0 Å². The molecule has 72 valence electrons. The predicted octanol–water partition coefficient (Wildman–Crippen LogP) is 2.05. The lowest BCUT2D eigenvalue weighted by Gasteiger charge is -1.97. The van der Waals surface area contributed by atoms with Crippen LogP contribution >= 0.6 is 0 Å². The summed E-state index contributed by atoms with van der Waals surface area (Å²) in [5, 5.41) is 0. The highest BCUT2D eigenvalue weighted by Gasteiger charge is 2.02. The number of hydrogen-bond donors (Lipinski definition) is 2. The average molecular weight is 187 g/mol. The number of rotatable bonds is 2. The van der Waals surface area contributed by atoms with Crippen LogP contribution in [0.3, 0.4) is 0 Å². The van der Waals surface area contributed by atoms with E-state index in [1.165, 1.54) is 0 Å². The van der Waals surface area contributed by atoms with Crippen LogP contribution in [-0.2, 0) is 6.54 Å². The summed E-state index contributed by atoms with van der Waals surface area (Å²) in [5.41, 5.74) is 9.65. The van der Waals surface area contributed by atoms with Crippen LogP contribution in [0.2, 0.25) is 0 Å². The summed E-state index contributed by atoms with van der Waals surface area (Å²) in [5.74, 6) is 0.818. The zero-order chi connectivity index (χ0) is 10.1. The molecule has 1 heterocycles. The Labute approximate surface area is 82.7 Å². The van der Waals surface area contributed by atoms with Gasteiger partial charge in [0, 0.05) is 0 Å². The fraction of sp³-hybridized carbons (Fsp3) is 0.182. The number of fused-ring (bicyclic) bond motifs is 1. The number of nitrogens with one attached hydrogen (secondary N) is 1. The van der Waals surface area contributed by atoms with Gasteiger partial charge >= 0.3 is 0 Å². The molecule has 0 saturated carbocycles. The Kier molecular flexibility index (Phi) is 2.09. The van der Waals surface area contributed by atoms with E-state index >= 15 is 0 Å². The van der Waals surface area contributed by atoms with E-state index in [9.17, 15) is 0 Å². The van der Waals surface area contributed by atoms with Crippen LogP contribution in [-0.4, -0.2) is 9.97 Å². The van der Waals surface area contributed by atoms with E-state index in [1.54, 1.807) is 0 Å². The van der Waals surface area contributed by atoms with Crippen LogP contribution in [0.5, 0.6) is 0 Å². The molecule has 0 atom stereocenters. The van der Waals surface area contributed by atoms with Gasteiger partial charge in [0.2, 0.25) is 0 Å². The number of aromatic amines is 1. The van der Waals surface area contributed by atoms with Gasteiger partial charge in [0.15, 0.2) is 0 Å². The molecule has 14 heavy (non-hydrogen) atoms. The van der Waals surface area contributed by atoms with Gasteiger partial charge in [-0.1, -0.05) is 18.2 Å². The minimum absolute atomic E-state index is 0.442. The van der Waals surface area contributed by atoms with Crippen LogP contribution in [0.4, 0.5) is 0 Å². The molecule has 0 saturated heterocycles. The average Bonchev–Trinajstić information content (AvgIpc) is 2.58. The molecule has 1 aromatic carbocycles. The summed E-state index contributed by atoms with van der Waals surface area (Å²) in [7, 11) is 0. The van der Waals surface area contributed by atoms with Gasteiger partial charge in [0.1, 0.15) is 5.82 Å². The van der Waals surface area contributed by atoms with Crippen molar-refractivity contribution in [3.05, 3.63) is 36.2 Å². The highest BCUT2D eigenvalue weighted by molar-refractivity contribution is 5.80. The molecule has 0 unspecified atom stereocenters. The lowest BCUT2D eigenvalue weighted by molar-refractivity contribution is 0.958. The molecule has 0 spiro atoms. The lowest BCUT2D eigenvalue weighted by atomic mass is 10.1. The Balaban J connectivity index is 2.59. The molecule has 2 aromatic rings. The molecule has 1 aromatic heterocycles. The number of H-pyrrole nitrogens is 1. The number of benzene rings is 1. The zero-order valence-electron chi connectivity index (χ0n) is 8.17. The van der Waals surface area contributed by atoms with Gasteiger partial charge in [-0.3, -0.25) is 0 Å². The van der Waals surface area contributed by atoms with E-state index in [0.29, 0.717) is 6.54 Å². The third-order valence-electron chi connectivity index (χ3n) is 2.22. The molecule has 0 aliphatic rings. The van der Waals surface area contributed by atoms with Gasteiger partial charge in [0.05, 0.1) is 17.6 Å². The Morgan fingerprint density at radius 3 is 3.00 bits per heavy atom. The third-order valence-corrected chi connectivity index (χ3v) is 2.22. The smallest absolute Gasteiger partial charge is 0.121 e. The predicted molar refractivity (Wildman–Crippen MR) is 58.7 cm³/mol. The first-order valence-corrected chi connectivity index (χ1v) is 4.55. The molecule has 0 radical (unpaired) electrons. The third kappa shape index (κ3) is 1.42. The van der Waals surface area contributed by atoms with Crippen LogP contribution in [0.25, 0.3) is 16.6 Å². The van der Waals surface area contributed by atoms with E-state index in [4.69, 9.17) is 5.73 Å². The summed E-state index contributed by atoms with van der Waals surface area (Å²) >= 11 is 0. The van der Waals surface area contributed by atoms with Crippen LogP contribution in [0.1, 0.15) is 18.3 Å². The van der Waals surface area contributed by atoms with Crippen molar-refractivity contribution in [2.24, 2.45) is 5.73 Å². The molecule has 3 N–H and O–H groups in total. The van der Waals surface area contributed by atoms with Crippen molar-refractivity contribution in [1.82, 2.24) is 9.97 Å². The maximum Gasteiger partial charge on any atom is 0.121 e. The molecule has 0 aliphatic heterocycles. The fourth-order valence-electron chi connectivity index (χ4n) is 1.42. The minimum atomic E-state index is 0.442. The Morgan fingerprint density at radius 2 is 2.36 bits per heavy atom. The molecule has 0 fully saturated rings. The van der Waals surface area contributed by atoms with Crippen LogP contribution in [0, 0.1) is 0 Å². The van der Waals surface area contributed by atoms with Crippen LogP contribution in [0.15, 0.2) is 24.8 Å². The topological polar surface area (TPSA) is 54.7 Å². The number of hydrogen-bond acceptors (Lipinski definition) is 2. The molecule has 3 heteroatoms. The second-order valence-corrected chi connectivity index (χ2v) is 3.40. The van der Waals surface area contributed by atoms with Gasteiger partial charge in [0.25, 0.3) is 0 Å². The summed E-state index contributed by atoms with van der Waals surface area (Å²) in [6.45, 7) is 6.33. The molecule has 0 bridgehead atoms. The van der Waals surface area contributed by atoms with E-state index in [0.717, 1.165) is 28.0 Å². The molecule has 0 aliphatic carbocycles. The molecular formula is C11H13N3. The number of nitrogens with zero attached hydrogens (tertiary/aromatic N) is 1. The fourth-order valence-corrected chi connectivity index (χ4v) is 1.42. The van der Waals surface area contributed by atoms with E-state index in [2.05, 4.69) is 16.5 Å². The standard InChI is InChI=1S/C11H13N3/c1-7(2)8-3-4-9-10(5-8)14-11(6-12)13-9/h3-5H,1,6,12H2,2H3,(H,13,14). The largest absolute Gasteiger partial charge is 0.341 e. The van der Waals surface area contributed by atoms with Gasteiger partial charge in [-0.25, -0.2) is 4.98 Å². The van der Waals surface area contributed by atoms with Crippen molar-refractivity contribution in [3.8, 4) is 0 Å². The van der Waals surface area contributed by atoms with E-state index in [1.807, 2.05) is 25.1 Å². The first kappa shape index (κ1) is 8.97. The number of nitrogens with two attached hydrogens (primary N) is 1. The maximum atomic E-state index is 5.50. The Bertz CT molecular complexity index is 482. The van der Waals surface area contributed by atoms with Gasteiger partial charge < -0.3 is 10.7 Å². The van der Waals surface area contributed by atoms with Gasteiger partial charge in [-0.2, -0.15) is 0 Å². The van der Waals surface area contributed by atoms with E-state index < -0.39 is 0 Å². The van der Waals surface area contributed by atoms with Crippen molar-refractivity contribution in [3.63, 3.8) is 0 Å².